The highest BCUT2D eigenvalue weighted by Gasteiger charge is 2.24. The molecule has 0 aliphatic carbocycles. The fourth-order valence-corrected chi connectivity index (χ4v) is 3.08. The number of rotatable bonds is 6. The summed E-state index contributed by atoms with van der Waals surface area (Å²) in [4.78, 5) is 14.9. The Morgan fingerprint density at radius 1 is 1.41 bits per heavy atom. The normalized spacial score (nSPS) is 13.1. The first-order valence-electron chi connectivity index (χ1n) is 7.32. The third-order valence-corrected chi connectivity index (χ3v) is 4.58. The number of benzene rings is 1. The fourth-order valence-electron chi connectivity index (χ4n) is 2.32. The van der Waals surface area contributed by atoms with E-state index in [1.165, 1.54) is 9.78 Å². The molecule has 4 nitrogen and oxygen atoms in total. The lowest BCUT2D eigenvalue weighted by Gasteiger charge is -2.23. The Morgan fingerprint density at radius 2 is 2.23 bits per heavy atom. The summed E-state index contributed by atoms with van der Waals surface area (Å²) in [6.07, 6.45) is 0. The number of nitrogens with one attached hydrogen (secondary N) is 2. The summed E-state index contributed by atoms with van der Waals surface area (Å²) >= 11 is 1.72. The first kappa shape index (κ1) is 16.2. The van der Waals surface area contributed by atoms with Crippen molar-refractivity contribution < 1.29 is 9.69 Å². The van der Waals surface area contributed by atoms with Gasteiger partial charge in [0.2, 0.25) is 0 Å². The number of nitriles is 1. The lowest BCUT2D eigenvalue weighted by molar-refractivity contribution is -0.925. The van der Waals surface area contributed by atoms with Crippen molar-refractivity contribution >= 4 is 22.9 Å². The van der Waals surface area contributed by atoms with E-state index in [1.807, 2.05) is 13.0 Å². The number of carbonyl (C=O) groups excluding carboxylic acids is 1. The van der Waals surface area contributed by atoms with Crippen LogP contribution < -0.4 is 10.2 Å². The van der Waals surface area contributed by atoms with Crippen LogP contribution in [0.15, 0.2) is 41.8 Å². The molecule has 1 unspecified atom stereocenters. The van der Waals surface area contributed by atoms with Gasteiger partial charge in [0.15, 0.2) is 6.04 Å². The van der Waals surface area contributed by atoms with Crippen LogP contribution in [0.25, 0.3) is 0 Å². The molecule has 0 saturated carbocycles. The van der Waals surface area contributed by atoms with Gasteiger partial charge in [0.25, 0.3) is 5.91 Å². The molecule has 114 valence electrons. The number of carbonyl (C=O) groups is 1. The molecule has 5 heteroatoms. The van der Waals surface area contributed by atoms with Gasteiger partial charge in [-0.15, -0.1) is 11.3 Å². The van der Waals surface area contributed by atoms with Gasteiger partial charge in [0.1, 0.15) is 6.54 Å². The second-order valence-corrected chi connectivity index (χ2v) is 6.20. The van der Waals surface area contributed by atoms with Crippen molar-refractivity contribution in [1.82, 2.24) is 0 Å². The quantitative estimate of drug-likeness (QED) is 0.857. The minimum atomic E-state index is -0.155. The van der Waals surface area contributed by atoms with Crippen molar-refractivity contribution in [1.29, 1.82) is 5.26 Å². The average Bonchev–Trinajstić information content (AvgIpc) is 3.05. The molecule has 1 heterocycles. The second-order valence-electron chi connectivity index (χ2n) is 5.17. The molecule has 1 aromatic carbocycles. The molecule has 0 fully saturated rings. The Bertz CT molecular complexity index is 661. The van der Waals surface area contributed by atoms with Crippen molar-refractivity contribution in [2.24, 2.45) is 0 Å². The second kappa shape index (κ2) is 7.74. The summed E-state index contributed by atoms with van der Waals surface area (Å²) in [6, 6.07) is 13.0. The van der Waals surface area contributed by atoms with Gasteiger partial charge in [-0.3, -0.25) is 4.79 Å². The van der Waals surface area contributed by atoms with Crippen LogP contribution in [0, 0.1) is 11.3 Å². The number of hydrogen-bond donors (Lipinski definition) is 2. The third kappa shape index (κ3) is 4.17. The summed E-state index contributed by atoms with van der Waals surface area (Å²) < 4.78 is 0. The van der Waals surface area contributed by atoms with E-state index < -0.39 is 0 Å². The predicted molar refractivity (Wildman–Crippen MR) is 88.8 cm³/mol. The van der Waals surface area contributed by atoms with Gasteiger partial charge in [-0.25, -0.2) is 0 Å². The predicted octanol–water partition coefficient (Wildman–Crippen LogP) is 2.05. The summed E-state index contributed by atoms with van der Waals surface area (Å²) in [6.45, 7) is 5.75. The van der Waals surface area contributed by atoms with E-state index in [0.717, 1.165) is 13.1 Å². The maximum absolute atomic E-state index is 12.4. The van der Waals surface area contributed by atoms with Crippen LogP contribution in [0.3, 0.4) is 0 Å². The first-order chi connectivity index (χ1) is 10.6. The van der Waals surface area contributed by atoms with Gasteiger partial charge < -0.3 is 10.2 Å². The Kier molecular flexibility index (Phi) is 5.70. The van der Waals surface area contributed by atoms with Crippen LogP contribution in [-0.4, -0.2) is 18.5 Å². The van der Waals surface area contributed by atoms with E-state index in [4.69, 9.17) is 5.26 Å². The van der Waals surface area contributed by atoms with Crippen LogP contribution in [-0.2, 0) is 11.3 Å². The summed E-state index contributed by atoms with van der Waals surface area (Å²) in [5.41, 5.74) is 1.21. The molecule has 1 aromatic heterocycles. The van der Waals surface area contributed by atoms with Crippen molar-refractivity contribution in [3.8, 4) is 6.07 Å². The molecule has 2 atom stereocenters. The summed E-state index contributed by atoms with van der Waals surface area (Å²) in [5.74, 6) is -0.0245. The maximum Gasteiger partial charge on any atom is 0.282 e. The molecule has 1 amide bonds. The molecule has 0 saturated heterocycles. The summed E-state index contributed by atoms with van der Waals surface area (Å²) in [5, 5.41) is 13.9. The van der Waals surface area contributed by atoms with Gasteiger partial charge in [0.05, 0.1) is 23.1 Å². The van der Waals surface area contributed by atoms with Crippen molar-refractivity contribution in [2.75, 3.05) is 11.9 Å². The Labute approximate surface area is 135 Å². The number of nitrogens with zero attached hydrogens (tertiary/aromatic N) is 1. The van der Waals surface area contributed by atoms with Gasteiger partial charge in [0, 0.05) is 5.69 Å². The molecule has 0 aliphatic rings. The highest BCUT2D eigenvalue weighted by atomic mass is 32.1. The lowest BCUT2D eigenvalue weighted by Crippen LogP contribution is -3.15. The Balaban J connectivity index is 2.02. The van der Waals surface area contributed by atoms with Gasteiger partial charge in [-0.1, -0.05) is 12.1 Å². The molecular weight excluding hydrogens is 294 g/mol. The third-order valence-electron chi connectivity index (χ3n) is 3.70. The molecule has 0 aliphatic heterocycles. The number of thiophene rings is 1. The van der Waals surface area contributed by atoms with Crippen molar-refractivity contribution in [3.63, 3.8) is 0 Å². The zero-order valence-electron chi connectivity index (χ0n) is 12.8. The van der Waals surface area contributed by atoms with Gasteiger partial charge in [-0.05, 0) is 43.5 Å². The van der Waals surface area contributed by atoms with E-state index in [1.54, 1.807) is 35.6 Å². The minimum Gasteiger partial charge on any atom is -0.321 e. The van der Waals surface area contributed by atoms with Crippen molar-refractivity contribution in [3.05, 3.63) is 52.2 Å². The van der Waals surface area contributed by atoms with E-state index >= 15 is 0 Å². The number of amides is 1. The van der Waals surface area contributed by atoms with Crippen LogP contribution in [0.2, 0.25) is 0 Å². The number of anilines is 1. The number of quaternary nitrogens is 1. The first-order valence-corrected chi connectivity index (χ1v) is 8.20. The van der Waals surface area contributed by atoms with Crippen molar-refractivity contribution in [2.45, 2.75) is 26.4 Å². The molecule has 2 rings (SSSR count). The molecular formula is C17H20N3OS+. The topological polar surface area (TPSA) is 57.3 Å². The number of hydrogen-bond acceptors (Lipinski definition) is 3. The van der Waals surface area contributed by atoms with Crippen LogP contribution in [0.4, 0.5) is 5.69 Å². The van der Waals surface area contributed by atoms with Gasteiger partial charge >= 0.3 is 0 Å². The van der Waals surface area contributed by atoms with Crippen LogP contribution in [0.1, 0.15) is 24.3 Å². The zero-order chi connectivity index (χ0) is 15.9. The van der Waals surface area contributed by atoms with Crippen LogP contribution in [0.5, 0.6) is 0 Å². The van der Waals surface area contributed by atoms with Crippen LogP contribution >= 0.6 is 11.3 Å². The molecule has 0 bridgehead atoms. The van der Waals surface area contributed by atoms with E-state index in [2.05, 4.69) is 29.8 Å². The molecule has 0 spiro atoms. The van der Waals surface area contributed by atoms with E-state index in [0.29, 0.717) is 11.3 Å². The maximum atomic E-state index is 12.4. The highest BCUT2D eigenvalue weighted by Crippen LogP contribution is 2.10. The Hall–Kier alpha value is -2.16. The lowest BCUT2D eigenvalue weighted by atomic mass is 10.2. The zero-order valence-corrected chi connectivity index (χ0v) is 13.6. The fraction of sp³-hybridized carbons (Fsp3) is 0.294. The Morgan fingerprint density at radius 3 is 2.86 bits per heavy atom. The standard InChI is InChI=1S/C17H19N3OS/c1-3-20(12-16-8-5-9-22-16)13(2)17(21)19-15-7-4-6-14(10-15)11-18/h4-10,13H,3,12H2,1-2H3,(H,19,21)/p+1/t13-/m0/s1. The number of likely N-dealkylation sites (N-methyl/N-ethyl adjacent to an activating group) is 1. The molecule has 2 aromatic rings. The molecule has 22 heavy (non-hydrogen) atoms. The van der Waals surface area contributed by atoms with E-state index in [-0.39, 0.29) is 11.9 Å². The monoisotopic (exact) mass is 314 g/mol. The SMILES string of the molecule is CC[NH+](Cc1cccs1)[C@@H](C)C(=O)Nc1cccc(C#N)c1. The minimum absolute atomic E-state index is 0.0245. The average molecular weight is 314 g/mol. The largest absolute Gasteiger partial charge is 0.321 e. The summed E-state index contributed by atoms with van der Waals surface area (Å²) in [7, 11) is 0. The molecule has 2 N–H and O–H groups in total. The molecule has 0 radical (unpaired) electrons. The van der Waals surface area contributed by atoms with Gasteiger partial charge in [-0.2, -0.15) is 5.26 Å². The smallest absolute Gasteiger partial charge is 0.282 e. The highest BCUT2D eigenvalue weighted by molar-refractivity contribution is 7.09. The van der Waals surface area contributed by atoms with E-state index in [9.17, 15) is 4.79 Å².